The van der Waals surface area contributed by atoms with Crippen molar-refractivity contribution in [2.45, 2.75) is 0 Å². The standard InChI is InChI=1S/C16H10N2OS/c19-16-12-6-2-4-8-14(12)20-18(16)15-10-9-11-5-1-3-7-13(11)17-15/h1-10H. The van der Waals surface area contributed by atoms with Crippen LogP contribution in [-0.4, -0.2) is 8.94 Å². The Balaban J connectivity index is 2.01. The Morgan fingerprint density at radius 2 is 1.70 bits per heavy atom. The largest absolute Gasteiger partial charge is 0.274 e. The van der Waals surface area contributed by atoms with Crippen LogP contribution >= 0.6 is 11.5 Å². The van der Waals surface area contributed by atoms with Gasteiger partial charge < -0.3 is 0 Å². The lowest BCUT2D eigenvalue weighted by atomic mass is 10.2. The maximum Gasteiger partial charge on any atom is 0.274 e. The molecule has 0 aliphatic carbocycles. The van der Waals surface area contributed by atoms with E-state index in [2.05, 4.69) is 4.98 Å². The zero-order chi connectivity index (χ0) is 13.5. The van der Waals surface area contributed by atoms with E-state index in [0.717, 1.165) is 21.0 Å². The van der Waals surface area contributed by atoms with Gasteiger partial charge in [-0.25, -0.2) is 8.94 Å². The van der Waals surface area contributed by atoms with Gasteiger partial charge in [-0.05, 0) is 41.9 Å². The SMILES string of the molecule is O=c1c2ccccc2sn1-c1ccc2ccccc2n1. The molecule has 2 aromatic heterocycles. The normalized spacial score (nSPS) is 11.2. The third kappa shape index (κ3) is 1.66. The number of hydrogen-bond donors (Lipinski definition) is 0. The molecule has 0 unspecified atom stereocenters. The number of aromatic nitrogens is 2. The van der Waals surface area contributed by atoms with Crippen LogP contribution in [0.1, 0.15) is 0 Å². The predicted octanol–water partition coefficient (Wildman–Crippen LogP) is 3.60. The molecule has 0 aliphatic heterocycles. The summed E-state index contributed by atoms with van der Waals surface area (Å²) in [5.74, 6) is 0.676. The van der Waals surface area contributed by atoms with Gasteiger partial charge in [-0.3, -0.25) is 4.79 Å². The average molecular weight is 278 g/mol. The summed E-state index contributed by atoms with van der Waals surface area (Å²) in [6.07, 6.45) is 0. The van der Waals surface area contributed by atoms with Crippen molar-refractivity contribution in [1.82, 2.24) is 8.94 Å². The van der Waals surface area contributed by atoms with Crippen molar-refractivity contribution in [3.63, 3.8) is 0 Å². The Kier molecular flexibility index (Phi) is 2.44. The molecule has 4 rings (SSSR count). The van der Waals surface area contributed by atoms with E-state index in [1.807, 2.05) is 60.7 Å². The van der Waals surface area contributed by atoms with Crippen LogP contribution in [0.2, 0.25) is 0 Å². The monoisotopic (exact) mass is 278 g/mol. The van der Waals surface area contributed by atoms with Gasteiger partial charge in [0.2, 0.25) is 0 Å². The summed E-state index contributed by atoms with van der Waals surface area (Å²) in [5, 5.41) is 1.82. The van der Waals surface area contributed by atoms with Crippen molar-refractivity contribution in [2.75, 3.05) is 0 Å². The first-order valence-electron chi connectivity index (χ1n) is 6.30. The van der Waals surface area contributed by atoms with Crippen LogP contribution in [0.5, 0.6) is 0 Å². The van der Waals surface area contributed by atoms with Crippen molar-refractivity contribution in [3.8, 4) is 5.82 Å². The number of fused-ring (bicyclic) bond motifs is 2. The van der Waals surface area contributed by atoms with Gasteiger partial charge in [-0.1, -0.05) is 30.3 Å². The fraction of sp³-hybridized carbons (Fsp3) is 0. The summed E-state index contributed by atoms with van der Waals surface area (Å²) in [7, 11) is 0. The molecule has 96 valence electrons. The Hall–Kier alpha value is -2.46. The van der Waals surface area contributed by atoms with Crippen LogP contribution < -0.4 is 5.56 Å². The zero-order valence-corrected chi connectivity index (χ0v) is 11.3. The van der Waals surface area contributed by atoms with Gasteiger partial charge >= 0.3 is 0 Å². The molecule has 0 bridgehead atoms. The molecule has 0 N–H and O–H groups in total. The van der Waals surface area contributed by atoms with Crippen LogP contribution in [0, 0.1) is 0 Å². The average Bonchev–Trinajstić information content (AvgIpc) is 2.84. The minimum absolute atomic E-state index is 0.00613. The second kappa shape index (κ2) is 4.28. The molecular weight excluding hydrogens is 268 g/mol. The molecule has 2 aromatic carbocycles. The highest BCUT2D eigenvalue weighted by Crippen LogP contribution is 2.20. The van der Waals surface area contributed by atoms with E-state index >= 15 is 0 Å². The minimum atomic E-state index is -0.00613. The lowest BCUT2D eigenvalue weighted by Gasteiger charge is -2.01. The van der Waals surface area contributed by atoms with Gasteiger partial charge in [0, 0.05) is 5.39 Å². The molecule has 0 saturated heterocycles. The third-order valence-corrected chi connectivity index (χ3v) is 4.37. The number of hydrogen-bond acceptors (Lipinski definition) is 3. The Bertz CT molecular complexity index is 984. The highest BCUT2D eigenvalue weighted by atomic mass is 32.1. The van der Waals surface area contributed by atoms with E-state index in [0.29, 0.717) is 5.82 Å². The molecule has 3 nitrogen and oxygen atoms in total. The van der Waals surface area contributed by atoms with Gasteiger partial charge in [-0.2, -0.15) is 0 Å². The fourth-order valence-electron chi connectivity index (χ4n) is 2.29. The van der Waals surface area contributed by atoms with Gasteiger partial charge in [0.05, 0.1) is 15.6 Å². The molecule has 4 aromatic rings. The zero-order valence-electron chi connectivity index (χ0n) is 10.5. The van der Waals surface area contributed by atoms with Crippen molar-refractivity contribution in [3.05, 3.63) is 71.0 Å². The molecule has 0 aliphatic rings. The molecule has 2 heterocycles. The molecule has 0 atom stereocenters. The quantitative estimate of drug-likeness (QED) is 0.533. The molecule has 0 saturated carbocycles. The number of rotatable bonds is 1. The second-order valence-electron chi connectivity index (χ2n) is 4.55. The molecule has 0 fully saturated rings. The summed E-state index contributed by atoms with van der Waals surface area (Å²) in [6, 6.07) is 19.4. The first-order valence-corrected chi connectivity index (χ1v) is 7.07. The van der Waals surface area contributed by atoms with Gasteiger partial charge in [0.1, 0.15) is 5.82 Å². The van der Waals surface area contributed by atoms with Crippen molar-refractivity contribution >= 4 is 32.5 Å². The highest BCUT2D eigenvalue weighted by Gasteiger charge is 2.09. The maximum atomic E-state index is 12.4. The smallest absolute Gasteiger partial charge is 0.267 e. The molecule has 0 radical (unpaired) electrons. The second-order valence-corrected chi connectivity index (χ2v) is 5.54. The van der Waals surface area contributed by atoms with E-state index in [1.165, 1.54) is 11.5 Å². The predicted molar refractivity (Wildman–Crippen MR) is 82.7 cm³/mol. The molecule has 0 spiro atoms. The summed E-state index contributed by atoms with van der Waals surface area (Å²) < 4.78 is 2.63. The van der Waals surface area contributed by atoms with Crippen LogP contribution in [0.15, 0.2) is 65.5 Å². The minimum Gasteiger partial charge on any atom is -0.267 e. The third-order valence-electron chi connectivity index (χ3n) is 3.28. The molecular formula is C16H10N2OS. The van der Waals surface area contributed by atoms with E-state index in [4.69, 9.17) is 0 Å². The van der Waals surface area contributed by atoms with Crippen LogP contribution in [0.3, 0.4) is 0 Å². The van der Waals surface area contributed by atoms with Gasteiger partial charge in [0.25, 0.3) is 5.56 Å². The molecule has 20 heavy (non-hydrogen) atoms. The van der Waals surface area contributed by atoms with E-state index in [-0.39, 0.29) is 5.56 Å². The van der Waals surface area contributed by atoms with Gasteiger partial charge in [-0.15, -0.1) is 0 Å². The van der Waals surface area contributed by atoms with Crippen molar-refractivity contribution < 1.29 is 0 Å². The molecule has 4 heteroatoms. The lowest BCUT2D eigenvalue weighted by molar-refractivity contribution is 1.08. The summed E-state index contributed by atoms with van der Waals surface area (Å²) in [5.41, 5.74) is 0.891. The Morgan fingerprint density at radius 3 is 2.60 bits per heavy atom. The van der Waals surface area contributed by atoms with Crippen LogP contribution in [0.4, 0.5) is 0 Å². The Labute approximate surface area is 118 Å². The first kappa shape index (κ1) is 11.4. The summed E-state index contributed by atoms with van der Waals surface area (Å²) >= 11 is 1.43. The number of para-hydroxylation sites is 1. The molecule has 0 amide bonds. The number of pyridine rings is 1. The topological polar surface area (TPSA) is 34.9 Å². The fourth-order valence-corrected chi connectivity index (χ4v) is 3.26. The van der Waals surface area contributed by atoms with Crippen LogP contribution in [0.25, 0.3) is 26.8 Å². The number of nitrogens with zero attached hydrogens (tertiary/aromatic N) is 2. The first-order chi connectivity index (χ1) is 9.83. The summed E-state index contributed by atoms with van der Waals surface area (Å²) in [6.45, 7) is 0. The van der Waals surface area contributed by atoms with Crippen LogP contribution in [-0.2, 0) is 0 Å². The number of benzene rings is 2. The van der Waals surface area contributed by atoms with E-state index in [1.54, 1.807) is 3.96 Å². The van der Waals surface area contributed by atoms with E-state index in [9.17, 15) is 4.79 Å². The van der Waals surface area contributed by atoms with Gasteiger partial charge in [0.15, 0.2) is 0 Å². The van der Waals surface area contributed by atoms with E-state index < -0.39 is 0 Å². The van der Waals surface area contributed by atoms with Crippen molar-refractivity contribution in [1.29, 1.82) is 0 Å². The maximum absolute atomic E-state index is 12.4. The lowest BCUT2D eigenvalue weighted by Crippen LogP contribution is -2.11. The van der Waals surface area contributed by atoms with Crippen molar-refractivity contribution in [2.24, 2.45) is 0 Å². The Morgan fingerprint density at radius 1 is 0.900 bits per heavy atom. The summed E-state index contributed by atoms with van der Waals surface area (Å²) in [4.78, 5) is 17.0. The highest BCUT2D eigenvalue weighted by molar-refractivity contribution is 7.14.